The van der Waals surface area contributed by atoms with Crippen LogP contribution in [-0.4, -0.2) is 48.1 Å². The van der Waals surface area contributed by atoms with Crippen molar-refractivity contribution in [2.45, 2.75) is 20.5 Å². The molecule has 0 fully saturated rings. The van der Waals surface area contributed by atoms with Gasteiger partial charge in [0.15, 0.2) is 30.5 Å². The van der Waals surface area contributed by atoms with Gasteiger partial charge in [0, 0.05) is 0 Å². The molecule has 1 amide bonds. The highest BCUT2D eigenvalue weighted by Crippen LogP contribution is 2.36. The van der Waals surface area contributed by atoms with Crippen molar-refractivity contribution in [2.75, 3.05) is 26.1 Å². The molecule has 2 aromatic heterocycles. The fourth-order valence-corrected chi connectivity index (χ4v) is 3.30. The van der Waals surface area contributed by atoms with Crippen molar-refractivity contribution < 1.29 is 37.7 Å². The number of aromatic nitrogens is 2. The number of carbonyl (C=O) groups excluding carboxylic acids is 3. The van der Waals surface area contributed by atoms with Crippen molar-refractivity contribution >= 4 is 46.4 Å². The molecule has 0 radical (unpaired) electrons. The van der Waals surface area contributed by atoms with Crippen LogP contribution in [0.3, 0.4) is 0 Å². The Labute approximate surface area is 198 Å². The number of furan rings is 1. The van der Waals surface area contributed by atoms with E-state index in [2.05, 4.69) is 9.97 Å². The lowest BCUT2D eigenvalue weighted by atomic mass is 10.2. The van der Waals surface area contributed by atoms with Crippen LogP contribution >= 0.6 is 11.6 Å². The number of amides is 1. The molecule has 0 aliphatic heterocycles. The Morgan fingerprint density at radius 1 is 1.15 bits per heavy atom. The highest BCUT2D eigenvalue weighted by Gasteiger charge is 2.24. The molecule has 0 atom stereocenters. The van der Waals surface area contributed by atoms with Gasteiger partial charge in [0.1, 0.15) is 17.1 Å². The first-order chi connectivity index (χ1) is 16.2. The van der Waals surface area contributed by atoms with E-state index in [1.165, 1.54) is 19.2 Å². The van der Waals surface area contributed by atoms with Crippen LogP contribution in [0.15, 0.2) is 16.5 Å². The number of benzene rings is 1. The number of hydrogen-bond acceptors (Lipinski definition) is 11. The summed E-state index contributed by atoms with van der Waals surface area (Å²) in [5.74, 6) is -1.66. The minimum absolute atomic E-state index is 0.00650. The van der Waals surface area contributed by atoms with E-state index in [0.717, 1.165) is 0 Å². The van der Waals surface area contributed by atoms with Gasteiger partial charge < -0.3 is 34.8 Å². The number of halogens is 1. The van der Waals surface area contributed by atoms with Gasteiger partial charge in [0.25, 0.3) is 5.91 Å². The molecule has 2 heterocycles. The fourth-order valence-electron chi connectivity index (χ4n) is 3.03. The summed E-state index contributed by atoms with van der Waals surface area (Å²) in [6.45, 7) is 2.64. The minimum Gasteiger partial charge on any atom is -0.493 e. The van der Waals surface area contributed by atoms with E-state index in [9.17, 15) is 14.4 Å². The topological polar surface area (TPSA) is 179 Å². The molecular weight excluding hydrogens is 472 g/mol. The summed E-state index contributed by atoms with van der Waals surface area (Å²) in [5, 5.41) is 0.223. The molecule has 0 unspecified atom stereocenters. The Hall–Kier alpha value is -4.06. The summed E-state index contributed by atoms with van der Waals surface area (Å²) in [6, 6.07) is 2.60. The largest absolute Gasteiger partial charge is 0.493 e. The minimum atomic E-state index is -0.772. The van der Waals surface area contributed by atoms with E-state index in [-0.39, 0.29) is 69.4 Å². The molecule has 13 heteroatoms. The van der Waals surface area contributed by atoms with Crippen molar-refractivity contribution in [1.29, 1.82) is 0 Å². The van der Waals surface area contributed by atoms with E-state index < -0.39 is 24.5 Å². The molecular formula is C21H21ClN4O8. The summed E-state index contributed by atoms with van der Waals surface area (Å²) in [6.07, 6.45) is 0. The van der Waals surface area contributed by atoms with Crippen molar-refractivity contribution in [3.8, 4) is 11.5 Å². The summed E-state index contributed by atoms with van der Waals surface area (Å²) < 4.78 is 26.2. The number of esters is 2. The molecule has 180 valence electrons. The van der Waals surface area contributed by atoms with Crippen LogP contribution in [-0.2, 0) is 20.9 Å². The van der Waals surface area contributed by atoms with Gasteiger partial charge in [-0.1, -0.05) is 11.6 Å². The predicted molar refractivity (Wildman–Crippen MR) is 119 cm³/mol. The Bertz CT molecular complexity index is 1270. The van der Waals surface area contributed by atoms with E-state index in [4.69, 9.17) is 46.4 Å². The second-order valence-corrected chi connectivity index (χ2v) is 7.19. The fraction of sp³-hybridized carbons (Fsp3) is 0.286. The first-order valence-corrected chi connectivity index (χ1v) is 10.2. The number of methoxy groups -OCH3 is 1. The number of nitrogen functional groups attached to an aromatic ring is 1. The van der Waals surface area contributed by atoms with Crippen LogP contribution in [0.5, 0.6) is 11.5 Å². The summed E-state index contributed by atoms with van der Waals surface area (Å²) >= 11 is 6.15. The molecule has 0 bridgehead atoms. The molecule has 0 saturated carbocycles. The Balaban J connectivity index is 1.80. The van der Waals surface area contributed by atoms with Crippen LogP contribution in [0.1, 0.15) is 39.2 Å². The molecule has 34 heavy (non-hydrogen) atoms. The number of fused-ring (bicyclic) bond motifs is 1. The highest BCUT2D eigenvalue weighted by molar-refractivity contribution is 6.32. The van der Waals surface area contributed by atoms with E-state index in [0.29, 0.717) is 0 Å². The zero-order valence-corrected chi connectivity index (χ0v) is 19.2. The third-order valence-electron chi connectivity index (χ3n) is 4.44. The zero-order valence-electron chi connectivity index (χ0n) is 18.5. The maximum Gasteiger partial charge on any atom is 0.342 e. The monoisotopic (exact) mass is 492 g/mol. The quantitative estimate of drug-likeness (QED) is 0.418. The highest BCUT2D eigenvalue weighted by atomic mass is 35.5. The predicted octanol–water partition coefficient (Wildman–Crippen LogP) is 2.17. The molecule has 0 spiro atoms. The molecule has 0 saturated heterocycles. The van der Waals surface area contributed by atoms with Crippen molar-refractivity contribution in [3.63, 3.8) is 0 Å². The number of hydrogen-bond donors (Lipinski definition) is 2. The van der Waals surface area contributed by atoms with Gasteiger partial charge in [-0.05, 0) is 26.0 Å². The maximum absolute atomic E-state index is 12.6. The van der Waals surface area contributed by atoms with Crippen LogP contribution in [0.2, 0.25) is 5.02 Å². The second-order valence-electron chi connectivity index (χ2n) is 6.78. The average molecular weight is 493 g/mol. The lowest BCUT2D eigenvalue weighted by Crippen LogP contribution is -2.20. The smallest absolute Gasteiger partial charge is 0.342 e. The number of nitrogens with zero attached hydrogens (tertiary/aromatic N) is 2. The third kappa shape index (κ3) is 5.12. The standard InChI is InChI=1S/C21H21ClN4O8/c1-4-31-21(29)15-9(2)34-19-16(15)18(24)25-14(26-19)8-33-20(28)10-5-11(22)17(12(6-10)30-3)32-7-13(23)27/h5-6H,4,7-8H2,1-3H3,(H2,23,27)(H2,24,25,26). The third-order valence-corrected chi connectivity index (χ3v) is 4.72. The molecule has 0 aliphatic carbocycles. The molecule has 0 aliphatic rings. The lowest BCUT2D eigenvalue weighted by Gasteiger charge is -2.13. The molecule has 4 N–H and O–H groups in total. The SMILES string of the molecule is CCOC(=O)c1c(C)oc2nc(COC(=O)c3cc(Cl)c(OCC(N)=O)c(OC)c3)nc(N)c12. The molecule has 3 rings (SSSR count). The van der Waals surface area contributed by atoms with Crippen LogP contribution in [0, 0.1) is 6.92 Å². The van der Waals surface area contributed by atoms with E-state index in [1.807, 2.05) is 0 Å². The number of anilines is 1. The number of carbonyl (C=O) groups is 3. The number of rotatable bonds is 9. The van der Waals surface area contributed by atoms with E-state index >= 15 is 0 Å². The van der Waals surface area contributed by atoms with Gasteiger partial charge in [0.2, 0.25) is 5.71 Å². The second kappa shape index (κ2) is 10.3. The normalized spacial score (nSPS) is 10.7. The van der Waals surface area contributed by atoms with Gasteiger partial charge >= 0.3 is 11.9 Å². The van der Waals surface area contributed by atoms with Crippen LogP contribution in [0.25, 0.3) is 11.1 Å². The molecule has 12 nitrogen and oxygen atoms in total. The molecule has 3 aromatic rings. The van der Waals surface area contributed by atoms with Gasteiger partial charge in [-0.3, -0.25) is 4.79 Å². The lowest BCUT2D eigenvalue weighted by molar-refractivity contribution is -0.119. The van der Waals surface area contributed by atoms with Crippen LogP contribution in [0.4, 0.5) is 5.82 Å². The van der Waals surface area contributed by atoms with Gasteiger partial charge in [-0.2, -0.15) is 4.98 Å². The Morgan fingerprint density at radius 2 is 1.88 bits per heavy atom. The first kappa shape index (κ1) is 24.6. The summed E-state index contributed by atoms with van der Waals surface area (Å²) in [7, 11) is 1.33. The molecule has 1 aromatic carbocycles. The average Bonchev–Trinajstić information content (AvgIpc) is 3.12. The van der Waals surface area contributed by atoms with E-state index in [1.54, 1.807) is 13.8 Å². The number of aryl methyl sites for hydroxylation is 1. The summed E-state index contributed by atoms with van der Waals surface area (Å²) in [5.41, 5.74) is 11.3. The van der Waals surface area contributed by atoms with Gasteiger partial charge in [-0.15, -0.1) is 0 Å². The van der Waals surface area contributed by atoms with Crippen molar-refractivity contribution in [3.05, 3.63) is 39.9 Å². The van der Waals surface area contributed by atoms with Crippen molar-refractivity contribution in [2.24, 2.45) is 5.73 Å². The zero-order chi connectivity index (χ0) is 25.0. The first-order valence-electron chi connectivity index (χ1n) is 9.84. The van der Waals surface area contributed by atoms with Gasteiger partial charge in [0.05, 0.1) is 29.7 Å². The summed E-state index contributed by atoms with van der Waals surface area (Å²) in [4.78, 5) is 44.0. The maximum atomic E-state index is 12.6. The Kier molecular flexibility index (Phi) is 7.41. The number of nitrogens with two attached hydrogens (primary N) is 2. The Morgan fingerprint density at radius 3 is 2.53 bits per heavy atom. The van der Waals surface area contributed by atoms with Crippen molar-refractivity contribution in [1.82, 2.24) is 9.97 Å². The number of ether oxygens (including phenoxy) is 4. The van der Waals surface area contributed by atoms with Gasteiger partial charge in [-0.25, -0.2) is 14.6 Å². The number of primary amides is 1. The van der Waals surface area contributed by atoms with Crippen LogP contribution < -0.4 is 20.9 Å².